The van der Waals surface area contributed by atoms with Gasteiger partial charge in [0.2, 0.25) is 11.3 Å². The zero-order chi connectivity index (χ0) is 37.7. The zero-order valence-corrected chi connectivity index (χ0v) is 30.0. The predicted octanol–water partition coefficient (Wildman–Crippen LogP) is 5.72. The van der Waals surface area contributed by atoms with Crippen LogP contribution in [0, 0.1) is 0 Å². The zero-order valence-electron chi connectivity index (χ0n) is 30.0. The summed E-state index contributed by atoms with van der Waals surface area (Å²) in [5.41, 5.74) is 2.68. The molecule has 13 heteroatoms. The number of hydrogen-bond donors (Lipinski definition) is 3. The Morgan fingerprint density at radius 2 is 1.49 bits per heavy atom. The number of unbranched alkanes of at least 4 members (excludes halogenated alkanes) is 1. The largest absolute Gasteiger partial charge is 0.507 e. The second-order valence-electron chi connectivity index (χ2n) is 12.4. The standard InChI is InChI=1S/C38H47NO12/c1-22(2)11-13-24-27(49-19-9-10-31(41)39-26(38(46)48-6)15-16-32(42)43)20-29-34(35(24)44)36(45)33-25(14-12-23(3)4)37(47-5)30(21-28(33)51-29)50-18-8-7-17-40/h11-12,17,20-21,26,44H,7-10,13-16,18-19H2,1-6H3,(H,39,41)(H,42,43). The molecule has 13 nitrogen and oxygen atoms in total. The van der Waals surface area contributed by atoms with E-state index in [2.05, 4.69) is 10.1 Å². The number of esters is 1. The molecule has 1 amide bonds. The number of carbonyl (C=O) groups is 4. The smallest absolute Gasteiger partial charge is 0.328 e. The van der Waals surface area contributed by atoms with Crippen LogP contribution < -0.4 is 25.0 Å². The number of benzene rings is 2. The molecule has 1 heterocycles. The minimum absolute atomic E-state index is 0.0262. The van der Waals surface area contributed by atoms with E-state index in [0.29, 0.717) is 41.9 Å². The molecule has 0 fully saturated rings. The molecule has 51 heavy (non-hydrogen) atoms. The van der Waals surface area contributed by atoms with Gasteiger partial charge in [0.15, 0.2) is 11.5 Å². The molecule has 0 bridgehead atoms. The lowest BCUT2D eigenvalue weighted by atomic mass is 9.98. The van der Waals surface area contributed by atoms with E-state index in [9.17, 15) is 29.1 Å². The Kier molecular flexibility index (Phi) is 15.1. The molecule has 0 radical (unpaired) electrons. The van der Waals surface area contributed by atoms with Crippen molar-refractivity contribution in [3.63, 3.8) is 0 Å². The fraction of sp³-hybridized carbons (Fsp3) is 0.447. The third-order valence-electron chi connectivity index (χ3n) is 7.94. The fourth-order valence-electron chi connectivity index (χ4n) is 5.36. The number of carboxylic acid groups (broad SMARTS) is 1. The summed E-state index contributed by atoms with van der Waals surface area (Å²) in [6.07, 6.45) is 5.72. The lowest BCUT2D eigenvalue weighted by Gasteiger charge is -2.18. The van der Waals surface area contributed by atoms with Crippen LogP contribution in [0.15, 0.2) is 44.6 Å². The number of ether oxygens (including phenoxy) is 4. The van der Waals surface area contributed by atoms with Crippen LogP contribution in [-0.4, -0.2) is 67.8 Å². The molecule has 1 atom stereocenters. The number of rotatable bonds is 20. The number of fused-ring (bicyclic) bond motifs is 2. The number of carbonyl (C=O) groups excluding carboxylic acids is 3. The van der Waals surface area contributed by atoms with Crippen LogP contribution in [0.3, 0.4) is 0 Å². The van der Waals surface area contributed by atoms with E-state index >= 15 is 0 Å². The van der Waals surface area contributed by atoms with Gasteiger partial charge in [-0.05, 0) is 59.8 Å². The molecular formula is C38H47NO12. The van der Waals surface area contributed by atoms with Crippen molar-refractivity contribution in [2.24, 2.45) is 0 Å². The molecule has 0 aliphatic carbocycles. The van der Waals surface area contributed by atoms with E-state index in [-0.39, 0.29) is 78.8 Å². The van der Waals surface area contributed by atoms with Crippen LogP contribution in [0.2, 0.25) is 0 Å². The van der Waals surface area contributed by atoms with Crippen molar-refractivity contribution in [2.75, 3.05) is 27.4 Å². The minimum atomic E-state index is -1.11. The summed E-state index contributed by atoms with van der Waals surface area (Å²) in [5, 5.41) is 23.3. The summed E-state index contributed by atoms with van der Waals surface area (Å²) < 4.78 is 28.7. The van der Waals surface area contributed by atoms with Crippen LogP contribution in [0.25, 0.3) is 21.9 Å². The van der Waals surface area contributed by atoms with Crippen LogP contribution in [0.5, 0.6) is 23.0 Å². The molecule has 0 aliphatic rings. The number of hydrogen-bond acceptors (Lipinski definition) is 11. The topological polar surface area (TPSA) is 188 Å². The minimum Gasteiger partial charge on any atom is -0.507 e. The number of phenols is 1. The number of allylic oxidation sites excluding steroid dienone is 4. The molecule has 1 unspecified atom stereocenters. The third kappa shape index (κ3) is 10.8. The van der Waals surface area contributed by atoms with E-state index in [4.69, 9.17) is 23.7 Å². The highest BCUT2D eigenvalue weighted by molar-refractivity contribution is 5.98. The molecule has 0 saturated carbocycles. The van der Waals surface area contributed by atoms with E-state index in [1.54, 1.807) is 6.07 Å². The van der Waals surface area contributed by atoms with Crippen molar-refractivity contribution in [3.8, 4) is 23.0 Å². The second kappa shape index (κ2) is 19.2. The van der Waals surface area contributed by atoms with Gasteiger partial charge in [0.25, 0.3) is 0 Å². The van der Waals surface area contributed by atoms with Gasteiger partial charge in [0.05, 0.1) is 32.8 Å². The quantitative estimate of drug-likeness (QED) is 0.0427. The Bertz CT molecular complexity index is 1860. The SMILES string of the molecule is COC(=O)C(CCC(=O)O)NC(=O)CCCOc1cc2oc3cc(OCCCC=O)c(OC)c(CC=C(C)C)c3c(=O)c2c(O)c1CC=C(C)C. The van der Waals surface area contributed by atoms with Crippen LogP contribution >= 0.6 is 0 Å². The highest BCUT2D eigenvalue weighted by Crippen LogP contribution is 2.41. The maximum Gasteiger partial charge on any atom is 0.328 e. The highest BCUT2D eigenvalue weighted by atomic mass is 16.5. The summed E-state index contributed by atoms with van der Waals surface area (Å²) in [4.78, 5) is 60.7. The number of nitrogens with one attached hydrogen (secondary N) is 1. The van der Waals surface area contributed by atoms with Gasteiger partial charge in [0.1, 0.15) is 40.4 Å². The number of aldehydes is 1. The first kappa shape index (κ1) is 40.1. The van der Waals surface area contributed by atoms with Gasteiger partial charge in [-0.2, -0.15) is 0 Å². The Labute approximate surface area is 296 Å². The van der Waals surface area contributed by atoms with Crippen molar-refractivity contribution in [1.29, 1.82) is 0 Å². The lowest BCUT2D eigenvalue weighted by Crippen LogP contribution is -2.41. The molecule has 3 aromatic rings. The monoisotopic (exact) mass is 709 g/mol. The van der Waals surface area contributed by atoms with Crippen molar-refractivity contribution >= 4 is 46.1 Å². The molecule has 276 valence electrons. The number of aliphatic carboxylic acids is 1. The molecule has 3 rings (SSSR count). The Hall–Kier alpha value is -5.33. The number of phenolic OH excluding ortho intramolecular Hbond substituents is 1. The maximum atomic E-state index is 14.3. The fourth-order valence-corrected chi connectivity index (χ4v) is 5.36. The number of methoxy groups -OCH3 is 2. The summed E-state index contributed by atoms with van der Waals surface area (Å²) >= 11 is 0. The lowest BCUT2D eigenvalue weighted by molar-refractivity contribution is -0.146. The third-order valence-corrected chi connectivity index (χ3v) is 7.94. The normalized spacial score (nSPS) is 11.4. The van der Waals surface area contributed by atoms with Gasteiger partial charge in [-0.1, -0.05) is 23.3 Å². The van der Waals surface area contributed by atoms with Crippen LogP contribution in [0.4, 0.5) is 0 Å². The Morgan fingerprint density at radius 1 is 0.882 bits per heavy atom. The molecule has 0 saturated heterocycles. The first-order chi connectivity index (χ1) is 24.3. The Balaban J connectivity index is 2.05. The van der Waals surface area contributed by atoms with Crippen molar-refractivity contribution in [2.45, 2.75) is 85.1 Å². The van der Waals surface area contributed by atoms with Gasteiger partial charge >= 0.3 is 11.9 Å². The van der Waals surface area contributed by atoms with Crippen LogP contribution in [0.1, 0.15) is 77.3 Å². The number of aromatic hydroxyl groups is 1. The van der Waals surface area contributed by atoms with Crippen LogP contribution in [-0.2, 0) is 36.8 Å². The molecule has 0 spiro atoms. The average molecular weight is 710 g/mol. The summed E-state index contributed by atoms with van der Waals surface area (Å²) in [7, 11) is 2.63. The highest BCUT2D eigenvalue weighted by Gasteiger charge is 2.25. The van der Waals surface area contributed by atoms with Gasteiger partial charge < -0.3 is 43.7 Å². The maximum absolute atomic E-state index is 14.3. The number of carboxylic acids is 1. The summed E-state index contributed by atoms with van der Waals surface area (Å²) in [6.45, 7) is 7.93. The first-order valence-electron chi connectivity index (χ1n) is 16.7. The van der Waals surface area contributed by atoms with E-state index < -0.39 is 29.3 Å². The molecule has 2 aromatic carbocycles. The summed E-state index contributed by atoms with van der Waals surface area (Å²) in [5.74, 6) is -1.71. The van der Waals surface area contributed by atoms with E-state index in [1.807, 2.05) is 39.8 Å². The van der Waals surface area contributed by atoms with Gasteiger partial charge in [-0.15, -0.1) is 0 Å². The second-order valence-corrected chi connectivity index (χ2v) is 12.4. The van der Waals surface area contributed by atoms with Gasteiger partial charge in [-0.25, -0.2) is 4.79 Å². The van der Waals surface area contributed by atoms with Gasteiger partial charge in [0, 0.05) is 42.5 Å². The average Bonchev–Trinajstić information content (AvgIpc) is 3.08. The van der Waals surface area contributed by atoms with Crippen molar-refractivity contribution in [3.05, 3.63) is 56.8 Å². The van der Waals surface area contributed by atoms with Crippen molar-refractivity contribution < 1.29 is 52.8 Å². The summed E-state index contributed by atoms with van der Waals surface area (Å²) in [6, 6.07) is 2.00. The van der Waals surface area contributed by atoms with Crippen molar-refractivity contribution in [1.82, 2.24) is 5.32 Å². The Morgan fingerprint density at radius 3 is 2.10 bits per heavy atom. The molecule has 0 aliphatic heterocycles. The predicted molar refractivity (Wildman–Crippen MR) is 191 cm³/mol. The van der Waals surface area contributed by atoms with E-state index in [0.717, 1.165) is 24.5 Å². The molecule has 3 N–H and O–H groups in total. The van der Waals surface area contributed by atoms with E-state index in [1.165, 1.54) is 13.2 Å². The van der Waals surface area contributed by atoms with Gasteiger partial charge in [-0.3, -0.25) is 14.4 Å². The molecular weight excluding hydrogens is 662 g/mol. The first-order valence-corrected chi connectivity index (χ1v) is 16.7. The molecule has 1 aromatic heterocycles. The number of amides is 1.